The van der Waals surface area contributed by atoms with Crippen molar-refractivity contribution in [1.82, 2.24) is 20.3 Å². The van der Waals surface area contributed by atoms with E-state index in [-0.39, 0.29) is 0 Å². The molecule has 1 amide bonds. The summed E-state index contributed by atoms with van der Waals surface area (Å²) in [5, 5.41) is 19.3. The van der Waals surface area contributed by atoms with Gasteiger partial charge in [0.1, 0.15) is 5.82 Å². The zero-order valence-corrected chi connectivity index (χ0v) is 17.1. The summed E-state index contributed by atoms with van der Waals surface area (Å²) in [6, 6.07) is 9.01. The summed E-state index contributed by atoms with van der Waals surface area (Å²) in [4.78, 5) is 30.9. The van der Waals surface area contributed by atoms with Crippen LogP contribution in [-0.2, 0) is 16.1 Å². The molecule has 2 heterocycles. The Labute approximate surface area is 175 Å². The normalized spacial score (nSPS) is 16.0. The molecule has 0 spiro atoms. The average Bonchev–Trinajstić information content (AvgIpc) is 3.15. The minimum Gasteiger partial charge on any atom is -0.481 e. The highest BCUT2D eigenvalue weighted by molar-refractivity contribution is 5.90. The topological polar surface area (TPSA) is 128 Å². The average molecular weight is 413 g/mol. The molecule has 0 bridgehead atoms. The summed E-state index contributed by atoms with van der Waals surface area (Å²) < 4.78 is 0. The first-order chi connectivity index (χ1) is 14.4. The molecule has 3 rings (SSSR count). The second-order valence-electron chi connectivity index (χ2n) is 7.01. The van der Waals surface area contributed by atoms with Crippen LogP contribution in [0.25, 0.3) is 6.08 Å². The van der Waals surface area contributed by atoms with Crippen molar-refractivity contribution in [2.75, 3.05) is 18.4 Å². The molecule has 4 N–H and O–H groups in total. The molecular formula is C21H27N5O4. The number of nitrogens with zero attached hydrogens (tertiary/aromatic N) is 3. The summed E-state index contributed by atoms with van der Waals surface area (Å²) in [7, 11) is 0. The van der Waals surface area contributed by atoms with Gasteiger partial charge in [-0.2, -0.15) is 0 Å². The fraction of sp³-hybridized carbons (Fsp3) is 0.333. The van der Waals surface area contributed by atoms with Crippen molar-refractivity contribution in [2.45, 2.75) is 32.9 Å². The Morgan fingerprint density at radius 1 is 1.23 bits per heavy atom. The first-order valence-corrected chi connectivity index (χ1v) is 9.54. The highest BCUT2D eigenvalue weighted by atomic mass is 16.5. The largest absolute Gasteiger partial charge is 0.481 e. The fourth-order valence-corrected chi connectivity index (χ4v) is 2.95. The molecule has 0 unspecified atom stereocenters. The van der Waals surface area contributed by atoms with Gasteiger partial charge in [-0.3, -0.25) is 24.7 Å². The van der Waals surface area contributed by atoms with Gasteiger partial charge in [0.25, 0.3) is 11.9 Å². The number of benzene rings is 1. The third-order valence-corrected chi connectivity index (χ3v) is 4.34. The van der Waals surface area contributed by atoms with Gasteiger partial charge >= 0.3 is 0 Å². The number of aryl methyl sites for hydroxylation is 1. The predicted molar refractivity (Wildman–Crippen MR) is 113 cm³/mol. The smallest absolute Gasteiger partial charge is 0.300 e. The maximum absolute atomic E-state index is 10.9. The molecule has 1 aromatic carbocycles. The van der Waals surface area contributed by atoms with E-state index >= 15 is 0 Å². The van der Waals surface area contributed by atoms with Crippen LogP contribution in [0.2, 0.25) is 0 Å². The van der Waals surface area contributed by atoms with E-state index in [1.165, 1.54) is 28.8 Å². The number of rotatable bonds is 6. The predicted octanol–water partition coefficient (Wildman–Crippen LogP) is 2.08. The summed E-state index contributed by atoms with van der Waals surface area (Å²) in [6.45, 7) is 6.16. The number of carbonyl (C=O) groups excluding carboxylic acids is 1. The second-order valence-corrected chi connectivity index (χ2v) is 7.01. The SMILES string of the molecule is CC(=O)O.Cc1ccc(CN2CC[C@@H](Nc3cnc(/C=C/C(=O)NO)cn3)C2)cc1. The Bertz CT molecular complexity index is 849. The third-order valence-electron chi connectivity index (χ3n) is 4.34. The van der Waals surface area contributed by atoms with Crippen molar-refractivity contribution in [3.63, 3.8) is 0 Å². The lowest BCUT2D eigenvalue weighted by Gasteiger charge is -2.17. The van der Waals surface area contributed by atoms with Crippen molar-refractivity contribution in [3.8, 4) is 0 Å². The summed E-state index contributed by atoms with van der Waals surface area (Å²) in [6.07, 6.45) is 6.98. The Morgan fingerprint density at radius 3 is 2.53 bits per heavy atom. The van der Waals surface area contributed by atoms with Crippen LogP contribution in [0.5, 0.6) is 0 Å². The Balaban J connectivity index is 0.000000735. The van der Waals surface area contributed by atoms with Gasteiger partial charge in [0, 0.05) is 38.7 Å². The molecule has 160 valence electrons. The number of carboxylic acids is 1. The number of nitrogens with one attached hydrogen (secondary N) is 2. The van der Waals surface area contributed by atoms with Crippen LogP contribution in [0.1, 0.15) is 30.2 Å². The summed E-state index contributed by atoms with van der Waals surface area (Å²) >= 11 is 0. The van der Waals surface area contributed by atoms with Gasteiger partial charge in [-0.15, -0.1) is 0 Å². The van der Waals surface area contributed by atoms with Gasteiger partial charge in [-0.1, -0.05) is 29.8 Å². The van der Waals surface area contributed by atoms with E-state index in [0.717, 1.165) is 38.8 Å². The zero-order chi connectivity index (χ0) is 21.9. The molecular weight excluding hydrogens is 386 g/mol. The van der Waals surface area contributed by atoms with Gasteiger partial charge < -0.3 is 10.4 Å². The van der Waals surface area contributed by atoms with Gasteiger partial charge in [0.05, 0.1) is 18.1 Å². The monoisotopic (exact) mass is 413 g/mol. The number of aliphatic carboxylic acids is 1. The van der Waals surface area contributed by atoms with E-state index in [4.69, 9.17) is 15.1 Å². The van der Waals surface area contributed by atoms with Crippen molar-refractivity contribution in [1.29, 1.82) is 0 Å². The number of hydrogen-bond donors (Lipinski definition) is 4. The van der Waals surface area contributed by atoms with Crippen LogP contribution in [-0.4, -0.2) is 56.2 Å². The summed E-state index contributed by atoms with van der Waals surface area (Å²) in [5.74, 6) is -0.718. The lowest BCUT2D eigenvalue weighted by Crippen LogP contribution is -2.26. The van der Waals surface area contributed by atoms with E-state index in [1.807, 2.05) is 0 Å². The maximum Gasteiger partial charge on any atom is 0.300 e. The Kier molecular flexibility index (Phi) is 8.92. The molecule has 0 aliphatic carbocycles. The molecule has 1 aromatic heterocycles. The molecule has 2 aromatic rings. The van der Waals surface area contributed by atoms with Crippen molar-refractivity contribution < 1.29 is 19.9 Å². The Hall–Kier alpha value is -3.30. The second kappa shape index (κ2) is 11.6. The third kappa shape index (κ3) is 8.38. The molecule has 1 atom stereocenters. The number of likely N-dealkylation sites (tertiary alicyclic amines) is 1. The number of carbonyl (C=O) groups is 2. The summed E-state index contributed by atoms with van der Waals surface area (Å²) in [5.41, 5.74) is 4.69. The van der Waals surface area contributed by atoms with Gasteiger partial charge in [0.15, 0.2) is 0 Å². The van der Waals surface area contributed by atoms with E-state index in [9.17, 15) is 4.79 Å². The minimum atomic E-state index is -0.833. The fourth-order valence-electron chi connectivity index (χ4n) is 2.95. The van der Waals surface area contributed by atoms with E-state index in [2.05, 4.69) is 51.4 Å². The number of amides is 1. The molecule has 0 saturated carbocycles. The van der Waals surface area contributed by atoms with Crippen LogP contribution in [0.3, 0.4) is 0 Å². The first-order valence-electron chi connectivity index (χ1n) is 9.54. The van der Waals surface area contributed by atoms with Crippen LogP contribution < -0.4 is 10.8 Å². The minimum absolute atomic E-state index is 0.344. The highest BCUT2D eigenvalue weighted by Crippen LogP contribution is 2.17. The van der Waals surface area contributed by atoms with Crippen LogP contribution in [0.15, 0.2) is 42.7 Å². The molecule has 0 radical (unpaired) electrons. The standard InChI is InChI=1S/C19H23N5O2.C2H4O2/c1-14-2-4-15(5-3-14)12-24-9-8-17(13-24)22-18-11-20-16(10-21-18)6-7-19(25)23-26;1-2(3)4/h2-7,10-11,17,26H,8-9,12-13H2,1H3,(H,21,22)(H,23,25);1H3,(H,3,4)/b7-6+;/t17-;/m1./s1. The zero-order valence-electron chi connectivity index (χ0n) is 17.1. The number of anilines is 1. The molecule has 30 heavy (non-hydrogen) atoms. The van der Waals surface area contributed by atoms with Crippen molar-refractivity contribution in [2.24, 2.45) is 0 Å². The number of hydroxylamine groups is 1. The van der Waals surface area contributed by atoms with E-state index in [1.54, 1.807) is 12.4 Å². The lowest BCUT2D eigenvalue weighted by molar-refractivity contribution is -0.134. The molecule has 9 heteroatoms. The van der Waals surface area contributed by atoms with Gasteiger partial charge in [-0.25, -0.2) is 10.5 Å². The molecule has 1 saturated heterocycles. The van der Waals surface area contributed by atoms with E-state index < -0.39 is 11.9 Å². The van der Waals surface area contributed by atoms with Crippen LogP contribution >= 0.6 is 0 Å². The molecule has 1 aliphatic heterocycles. The Morgan fingerprint density at radius 2 is 1.93 bits per heavy atom. The lowest BCUT2D eigenvalue weighted by atomic mass is 10.1. The highest BCUT2D eigenvalue weighted by Gasteiger charge is 2.22. The quantitative estimate of drug-likeness (QED) is 0.322. The van der Waals surface area contributed by atoms with Gasteiger partial charge in [-0.05, 0) is 25.0 Å². The molecule has 1 aliphatic rings. The maximum atomic E-state index is 10.9. The molecule has 9 nitrogen and oxygen atoms in total. The van der Waals surface area contributed by atoms with Gasteiger partial charge in [0.2, 0.25) is 0 Å². The number of aromatic nitrogens is 2. The number of carboxylic acid groups (broad SMARTS) is 1. The van der Waals surface area contributed by atoms with Crippen LogP contribution in [0, 0.1) is 6.92 Å². The van der Waals surface area contributed by atoms with Crippen molar-refractivity contribution in [3.05, 3.63) is 59.6 Å². The van der Waals surface area contributed by atoms with Crippen molar-refractivity contribution >= 4 is 23.8 Å². The van der Waals surface area contributed by atoms with E-state index in [0.29, 0.717) is 11.7 Å². The first kappa shape index (κ1) is 23.0. The number of hydrogen-bond acceptors (Lipinski definition) is 7. The van der Waals surface area contributed by atoms with Crippen LogP contribution in [0.4, 0.5) is 5.82 Å². The molecule has 1 fully saturated rings.